The molecule has 7 heteroatoms. The molecule has 1 aliphatic heterocycles. The molecule has 1 aromatic rings. The molecule has 0 saturated heterocycles. The number of halogens is 1. The van der Waals surface area contributed by atoms with Gasteiger partial charge in [-0.2, -0.15) is 5.10 Å². The van der Waals surface area contributed by atoms with E-state index < -0.39 is 11.7 Å². The lowest BCUT2D eigenvalue weighted by atomic mass is 9.94. The first kappa shape index (κ1) is 19.7. The van der Waals surface area contributed by atoms with Crippen LogP contribution in [0, 0.1) is 5.92 Å². The summed E-state index contributed by atoms with van der Waals surface area (Å²) in [4.78, 5) is 24.4. The summed E-state index contributed by atoms with van der Waals surface area (Å²) in [5.74, 6) is 0.351. The molecule has 1 atom stereocenters. The number of carbonyl (C=O) groups is 2. The fourth-order valence-corrected chi connectivity index (χ4v) is 2.60. The summed E-state index contributed by atoms with van der Waals surface area (Å²) in [5, 5.41) is 5.11. The zero-order chi connectivity index (χ0) is 18.6. The van der Waals surface area contributed by atoms with Crippen LogP contribution in [0.3, 0.4) is 0 Å². The van der Waals surface area contributed by atoms with Gasteiger partial charge >= 0.3 is 6.09 Å². The molecule has 0 radical (unpaired) electrons. The molecule has 136 valence electrons. The molecule has 0 spiro atoms. The van der Waals surface area contributed by atoms with E-state index in [1.54, 1.807) is 20.8 Å². The maximum atomic E-state index is 12.2. The Morgan fingerprint density at radius 3 is 2.52 bits per heavy atom. The minimum absolute atomic E-state index is 0.0766. The topological polar surface area (TPSA) is 68.2 Å². The summed E-state index contributed by atoms with van der Waals surface area (Å²) >= 11 is 2.25. The Kier molecular flexibility index (Phi) is 6.42. The second kappa shape index (κ2) is 8.16. The van der Waals surface area contributed by atoms with Crippen molar-refractivity contribution < 1.29 is 19.1 Å². The lowest BCUT2D eigenvalue weighted by molar-refractivity contribution is -0.131. The average molecular weight is 458 g/mol. The fraction of sp³-hybridized carbons (Fsp3) is 0.500. The van der Waals surface area contributed by atoms with Crippen LogP contribution >= 0.6 is 22.6 Å². The first-order valence-electron chi connectivity index (χ1n) is 8.15. The molecule has 0 N–H and O–H groups in total. The fourth-order valence-electron chi connectivity index (χ4n) is 2.38. The van der Waals surface area contributed by atoms with Gasteiger partial charge in [0.2, 0.25) is 0 Å². The van der Waals surface area contributed by atoms with Gasteiger partial charge in [0.05, 0.1) is 12.3 Å². The summed E-state index contributed by atoms with van der Waals surface area (Å²) in [5.41, 5.74) is 0.856. The van der Waals surface area contributed by atoms with E-state index in [2.05, 4.69) is 27.7 Å². The van der Waals surface area contributed by atoms with Gasteiger partial charge in [0, 0.05) is 16.8 Å². The van der Waals surface area contributed by atoms with Crippen LogP contribution in [-0.2, 0) is 9.53 Å². The second-order valence-corrected chi connectivity index (χ2v) is 7.92. The van der Waals surface area contributed by atoms with Gasteiger partial charge in [0.25, 0.3) is 5.91 Å². The molecule has 1 heterocycles. The third kappa shape index (κ3) is 5.42. The minimum atomic E-state index is -0.746. The summed E-state index contributed by atoms with van der Waals surface area (Å²) < 4.78 is 11.8. The lowest BCUT2D eigenvalue weighted by Crippen LogP contribution is -2.42. The number of ether oxygens (including phenoxy) is 2. The molecule has 0 aliphatic carbocycles. The van der Waals surface area contributed by atoms with Crippen molar-refractivity contribution in [3.63, 3.8) is 0 Å². The Morgan fingerprint density at radius 1 is 1.32 bits per heavy atom. The number of hydrogen-bond donors (Lipinski definition) is 0. The van der Waals surface area contributed by atoms with E-state index in [-0.39, 0.29) is 18.2 Å². The molecule has 1 unspecified atom stereocenters. The van der Waals surface area contributed by atoms with Crippen molar-refractivity contribution in [2.75, 3.05) is 11.0 Å². The number of amides is 2. The molecular formula is C18H23IN2O4. The Bertz CT molecular complexity index is 665. The molecular weight excluding hydrogens is 435 g/mol. The van der Waals surface area contributed by atoms with Gasteiger partial charge in [0.1, 0.15) is 11.4 Å². The van der Waals surface area contributed by atoms with Crippen LogP contribution < -0.4 is 4.74 Å². The van der Waals surface area contributed by atoms with Crippen molar-refractivity contribution in [1.29, 1.82) is 0 Å². The zero-order valence-corrected chi connectivity index (χ0v) is 17.1. The van der Waals surface area contributed by atoms with Crippen LogP contribution in [0.4, 0.5) is 4.79 Å². The van der Waals surface area contributed by atoms with Gasteiger partial charge in [-0.15, -0.1) is 5.01 Å². The summed E-state index contributed by atoms with van der Waals surface area (Å²) in [6, 6.07) is 7.51. The molecule has 2 rings (SSSR count). The predicted octanol–water partition coefficient (Wildman–Crippen LogP) is 4.01. The average Bonchev–Trinajstić information content (AvgIpc) is 2.52. The normalized spacial score (nSPS) is 18.0. The van der Waals surface area contributed by atoms with E-state index >= 15 is 0 Å². The monoisotopic (exact) mass is 458 g/mol. The predicted molar refractivity (Wildman–Crippen MR) is 104 cm³/mol. The number of imide groups is 1. The first-order chi connectivity index (χ1) is 11.7. The standard InChI is InChI=1S/C18H23IN2O4/c1-12-11-15(22)21(17(23)25-18(2,3)4)20-16(12)13-5-7-14(8-6-13)24-10-9-19/h5-8,12H,9-11H2,1-4H3. The zero-order valence-electron chi connectivity index (χ0n) is 14.9. The van der Waals surface area contributed by atoms with E-state index in [1.807, 2.05) is 31.2 Å². The van der Waals surface area contributed by atoms with E-state index in [1.165, 1.54) is 0 Å². The maximum absolute atomic E-state index is 12.2. The van der Waals surface area contributed by atoms with Crippen molar-refractivity contribution in [1.82, 2.24) is 5.01 Å². The smallest absolute Gasteiger partial charge is 0.438 e. The van der Waals surface area contributed by atoms with Crippen LogP contribution in [0.25, 0.3) is 0 Å². The Labute approximate surface area is 161 Å². The van der Waals surface area contributed by atoms with E-state index in [0.717, 1.165) is 20.7 Å². The summed E-state index contributed by atoms with van der Waals surface area (Å²) in [6.07, 6.45) is -0.533. The molecule has 2 amide bonds. The number of alkyl halides is 1. The van der Waals surface area contributed by atoms with Crippen molar-refractivity contribution in [2.24, 2.45) is 11.0 Å². The van der Waals surface area contributed by atoms with Crippen molar-refractivity contribution in [3.8, 4) is 5.75 Å². The summed E-state index contributed by atoms with van der Waals surface area (Å²) in [6.45, 7) is 7.82. The highest BCUT2D eigenvalue weighted by molar-refractivity contribution is 14.1. The Balaban J connectivity index is 2.24. The number of hydrazone groups is 1. The first-order valence-corrected chi connectivity index (χ1v) is 9.67. The Morgan fingerprint density at radius 2 is 1.96 bits per heavy atom. The van der Waals surface area contributed by atoms with Gasteiger partial charge < -0.3 is 9.47 Å². The molecule has 0 fully saturated rings. The van der Waals surface area contributed by atoms with Crippen LogP contribution in [-0.4, -0.2) is 39.4 Å². The molecule has 25 heavy (non-hydrogen) atoms. The molecule has 6 nitrogen and oxygen atoms in total. The number of nitrogens with zero attached hydrogens (tertiary/aromatic N) is 2. The van der Waals surface area contributed by atoms with Crippen molar-refractivity contribution in [3.05, 3.63) is 29.8 Å². The van der Waals surface area contributed by atoms with Crippen LogP contribution in [0.1, 0.15) is 39.7 Å². The van der Waals surface area contributed by atoms with E-state index in [0.29, 0.717) is 12.3 Å². The molecule has 1 aromatic carbocycles. The molecule has 1 aliphatic rings. The quantitative estimate of drug-likeness (QED) is 0.505. The van der Waals surface area contributed by atoms with Crippen LogP contribution in [0.15, 0.2) is 29.4 Å². The van der Waals surface area contributed by atoms with Crippen LogP contribution in [0.2, 0.25) is 0 Å². The Hall–Kier alpha value is -1.64. The minimum Gasteiger partial charge on any atom is -0.493 e. The number of carbonyl (C=O) groups excluding carboxylic acids is 2. The number of benzene rings is 1. The van der Waals surface area contributed by atoms with E-state index in [9.17, 15) is 9.59 Å². The van der Waals surface area contributed by atoms with Gasteiger partial charge in [-0.1, -0.05) is 29.5 Å². The van der Waals surface area contributed by atoms with Gasteiger partial charge in [-0.25, -0.2) is 4.79 Å². The van der Waals surface area contributed by atoms with Crippen molar-refractivity contribution in [2.45, 2.75) is 39.7 Å². The highest BCUT2D eigenvalue weighted by Gasteiger charge is 2.34. The largest absolute Gasteiger partial charge is 0.493 e. The number of rotatable bonds is 4. The molecule has 0 aromatic heterocycles. The lowest BCUT2D eigenvalue weighted by Gasteiger charge is -2.28. The van der Waals surface area contributed by atoms with Gasteiger partial charge in [-0.05, 0) is 50.6 Å². The third-order valence-electron chi connectivity index (χ3n) is 3.45. The van der Waals surface area contributed by atoms with E-state index in [4.69, 9.17) is 9.47 Å². The SMILES string of the molecule is CC1CC(=O)N(C(=O)OC(C)(C)C)N=C1c1ccc(OCCI)cc1. The summed E-state index contributed by atoms with van der Waals surface area (Å²) in [7, 11) is 0. The van der Waals surface area contributed by atoms with Crippen molar-refractivity contribution >= 4 is 40.3 Å². The molecule has 0 saturated carbocycles. The van der Waals surface area contributed by atoms with Crippen LogP contribution in [0.5, 0.6) is 5.75 Å². The number of hydrogen-bond acceptors (Lipinski definition) is 5. The third-order valence-corrected chi connectivity index (χ3v) is 3.89. The maximum Gasteiger partial charge on any atom is 0.438 e. The van der Waals surface area contributed by atoms with Gasteiger partial charge in [-0.3, -0.25) is 4.79 Å². The highest BCUT2D eigenvalue weighted by Crippen LogP contribution is 2.24. The second-order valence-electron chi connectivity index (χ2n) is 6.84. The highest BCUT2D eigenvalue weighted by atomic mass is 127. The molecule has 0 bridgehead atoms. The van der Waals surface area contributed by atoms with Gasteiger partial charge in [0.15, 0.2) is 0 Å².